The molecule has 0 radical (unpaired) electrons. The Bertz CT molecular complexity index is 1500. The zero-order valence-corrected chi connectivity index (χ0v) is 19.3. The fraction of sp³-hybridized carbons (Fsp3) is 0.292. The number of aryl methyl sites for hydroxylation is 2. The van der Waals surface area contributed by atoms with Crippen LogP contribution in [0.15, 0.2) is 52.1 Å². The monoisotopic (exact) mass is 467 g/mol. The first-order valence-electron chi connectivity index (χ1n) is 10.7. The van der Waals surface area contributed by atoms with E-state index in [0.717, 1.165) is 22.4 Å². The fourth-order valence-corrected chi connectivity index (χ4v) is 4.72. The molecule has 1 atom stereocenters. The van der Waals surface area contributed by atoms with E-state index in [-0.39, 0.29) is 23.0 Å². The van der Waals surface area contributed by atoms with Gasteiger partial charge in [0.25, 0.3) is 5.56 Å². The molecule has 1 aliphatic rings. The highest BCUT2D eigenvalue weighted by molar-refractivity contribution is 6.31. The van der Waals surface area contributed by atoms with Crippen molar-refractivity contribution in [3.05, 3.63) is 85.3 Å². The predicted octanol–water partition coefficient (Wildman–Crippen LogP) is 3.83. The van der Waals surface area contributed by atoms with Gasteiger partial charge in [-0.1, -0.05) is 36.7 Å². The van der Waals surface area contributed by atoms with Crippen molar-refractivity contribution in [3.8, 4) is 0 Å². The predicted molar refractivity (Wildman–Crippen MR) is 127 cm³/mol. The molecular formula is C24H23ClFN5O2. The zero-order chi connectivity index (χ0) is 23.4. The summed E-state index contributed by atoms with van der Waals surface area (Å²) >= 11 is 6.17. The molecule has 1 aliphatic heterocycles. The molecule has 0 saturated heterocycles. The number of nitrogens with zero attached hydrogens (tertiary/aromatic N) is 5. The molecule has 2 aromatic heterocycles. The molecule has 0 bridgehead atoms. The van der Waals surface area contributed by atoms with Crippen LogP contribution in [-0.2, 0) is 20.1 Å². The summed E-state index contributed by atoms with van der Waals surface area (Å²) in [5, 5.41) is 0.165. The van der Waals surface area contributed by atoms with Gasteiger partial charge in [0.15, 0.2) is 11.2 Å². The molecule has 0 aliphatic carbocycles. The lowest BCUT2D eigenvalue weighted by Gasteiger charge is -2.33. The van der Waals surface area contributed by atoms with Gasteiger partial charge in [0, 0.05) is 36.4 Å². The van der Waals surface area contributed by atoms with Crippen LogP contribution in [0.3, 0.4) is 0 Å². The van der Waals surface area contributed by atoms with Crippen molar-refractivity contribution in [2.75, 3.05) is 11.4 Å². The minimum atomic E-state index is -0.572. The van der Waals surface area contributed by atoms with Crippen LogP contribution in [-0.4, -0.2) is 25.2 Å². The van der Waals surface area contributed by atoms with E-state index in [1.165, 1.54) is 22.8 Å². The molecule has 3 heterocycles. The highest BCUT2D eigenvalue weighted by Gasteiger charge is 2.30. The van der Waals surface area contributed by atoms with Gasteiger partial charge in [-0.3, -0.25) is 13.9 Å². The zero-order valence-electron chi connectivity index (χ0n) is 18.5. The first-order valence-corrected chi connectivity index (χ1v) is 11.1. The van der Waals surface area contributed by atoms with E-state index in [1.54, 1.807) is 7.05 Å². The molecule has 0 spiro atoms. The van der Waals surface area contributed by atoms with Crippen molar-refractivity contribution in [1.82, 2.24) is 18.7 Å². The van der Waals surface area contributed by atoms with Crippen LogP contribution in [0.5, 0.6) is 0 Å². The van der Waals surface area contributed by atoms with Gasteiger partial charge in [0.1, 0.15) is 5.82 Å². The Labute approximate surface area is 194 Å². The third-order valence-corrected chi connectivity index (χ3v) is 6.49. The molecule has 7 nitrogen and oxygen atoms in total. The highest BCUT2D eigenvalue weighted by atomic mass is 35.5. The third kappa shape index (κ3) is 3.45. The maximum Gasteiger partial charge on any atom is 0.332 e. The number of hydrogen-bond acceptors (Lipinski definition) is 4. The third-order valence-electron chi connectivity index (χ3n) is 6.13. The second-order valence-electron chi connectivity index (χ2n) is 8.68. The highest BCUT2D eigenvalue weighted by Crippen LogP contribution is 2.33. The number of anilines is 2. The van der Waals surface area contributed by atoms with E-state index >= 15 is 0 Å². The van der Waals surface area contributed by atoms with E-state index in [2.05, 4.69) is 17.9 Å². The van der Waals surface area contributed by atoms with Gasteiger partial charge in [-0.15, -0.1) is 0 Å². The van der Waals surface area contributed by atoms with E-state index in [0.29, 0.717) is 23.7 Å². The molecule has 33 heavy (non-hydrogen) atoms. The smallest absolute Gasteiger partial charge is 0.312 e. The van der Waals surface area contributed by atoms with Crippen LogP contribution in [0.4, 0.5) is 16.0 Å². The molecule has 0 saturated carbocycles. The van der Waals surface area contributed by atoms with Gasteiger partial charge in [0.05, 0.1) is 6.54 Å². The minimum absolute atomic E-state index is 0.103. The lowest BCUT2D eigenvalue weighted by molar-refractivity contribution is 0.458. The first-order chi connectivity index (χ1) is 15.8. The number of aromatic nitrogens is 4. The molecule has 4 aromatic rings. The summed E-state index contributed by atoms with van der Waals surface area (Å²) in [7, 11) is 1.57. The summed E-state index contributed by atoms with van der Waals surface area (Å²) < 4.78 is 18.7. The number of hydrogen-bond donors (Lipinski definition) is 0. The van der Waals surface area contributed by atoms with Crippen LogP contribution >= 0.6 is 11.6 Å². The average Bonchev–Trinajstić information content (AvgIpc) is 3.16. The summed E-state index contributed by atoms with van der Waals surface area (Å²) in [6.45, 7) is 5.19. The van der Waals surface area contributed by atoms with Crippen molar-refractivity contribution < 1.29 is 4.39 Å². The Balaban J connectivity index is 1.74. The molecule has 170 valence electrons. The standard InChI is InChI=1S/C24H23ClFN5O2/c1-14-6-4-7-16(10-14)29-11-15(2)12-30-20-21(27-23(29)30)28(3)24(33)31(22(20)32)13-17-18(25)8-5-9-19(17)26/h4-10,15H,11-13H2,1-3H3/t15-/m0/s1. The maximum atomic E-state index is 14.4. The fourth-order valence-electron chi connectivity index (χ4n) is 4.50. The average molecular weight is 468 g/mol. The lowest BCUT2D eigenvalue weighted by Crippen LogP contribution is -2.40. The number of benzene rings is 2. The summed E-state index contributed by atoms with van der Waals surface area (Å²) in [4.78, 5) is 33.5. The van der Waals surface area contributed by atoms with Crippen LogP contribution in [0.25, 0.3) is 11.2 Å². The number of imidazole rings is 1. The summed E-state index contributed by atoms with van der Waals surface area (Å²) in [6, 6.07) is 12.4. The largest absolute Gasteiger partial charge is 0.332 e. The van der Waals surface area contributed by atoms with Gasteiger partial charge < -0.3 is 9.47 Å². The molecule has 5 rings (SSSR count). The first kappa shape index (κ1) is 21.5. The molecule has 2 aromatic carbocycles. The Kier molecular flexibility index (Phi) is 5.12. The van der Waals surface area contributed by atoms with Crippen LogP contribution < -0.4 is 16.1 Å². The van der Waals surface area contributed by atoms with E-state index < -0.39 is 17.1 Å². The van der Waals surface area contributed by atoms with E-state index in [4.69, 9.17) is 16.6 Å². The van der Waals surface area contributed by atoms with Crippen molar-refractivity contribution >= 4 is 34.4 Å². The Morgan fingerprint density at radius 2 is 1.91 bits per heavy atom. The normalized spacial score (nSPS) is 15.8. The molecular weight excluding hydrogens is 445 g/mol. The number of rotatable bonds is 3. The molecule has 9 heteroatoms. The second kappa shape index (κ2) is 7.88. The van der Waals surface area contributed by atoms with Gasteiger partial charge >= 0.3 is 5.69 Å². The molecule has 0 amide bonds. The van der Waals surface area contributed by atoms with Gasteiger partial charge in [-0.25, -0.2) is 9.18 Å². The Morgan fingerprint density at radius 1 is 1.15 bits per heavy atom. The molecule has 0 fully saturated rings. The van der Waals surface area contributed by atoms with Crippen LogP contribution in [0, 0.1) is 18.7 Å². The van der Waals surface area contributed by atoms with Crippen molar-refractivity contribution in [2.24, 2.45) is 13.0 Å². The Hall–Kier alpha value is -3.39. The number of halogens is 2. The summed E-state index contributed by atoms with van der Waals surface area (Å²) in [5.41, 5.74) is 1.74. The van der Waals surface area contributed by atoms with Gasteiger partial charge in [0.2, 0.25) is 5.95 Å². The maximum absolute atomic E-state index is 14.4. The van der Waals surface area contributed by atoms with Crippen LogP contribution in [0.2, 0.25) is 5.02 Å². The SMILES string of the molecule is Cc1cccc(N2C[C@H](C)Cn3c2nc2c3c(=O)n(Cc3c(F)cccc3Cl)c(=O)n2C)c1. The van der Waals surface area contributed by atoms with Crippen LogP contribution in [0.1, 0.15) is 18.1 Å². The van der Waals surface area contributed by atoms with E-state index in [9.17, 15) is 14.0 Å². The minimum Gasteiger partial charge on any atom is -0.312 e. The van der Waals surface area contributed by atoms with Gasteiger partial charge in [-0.2, -0.15) is 4.98 Å². The van der Waals surface area contributed by atoms with Crippen molar-refractivity contribution in [3.63, 3.8) is 0 Å². The number of fused-ring (bicyclic) bond motifs is 3. The summed E-state index contributed by atoms with van der Waals surface area (Å²) in [6.07, 6.45) is 0. The summed E-state index contributed by atoms with van der Waals surface area (Å²) in [5.74, 6) is 0.287. The van der Waals surface area contributed by atoms with E-state index in [1.807, 2.05) is 29.7 Å². The van der Waals surface area contributed by atoms with Crippen molar-refractivity contribution in [1.29, 1.82) is 0 Å². The molecule has 0 unspecified atom stereocenters. The van der Waals surface area contributed by atoms with Gasteiger partial charge in [-0.05, 0) is 42.7 Å². The quantitative estimate of drug-likeness (QED) is 0.459. The topological polar surface area (TPSA) is 65.1 Å². The lowest BCUT2D eigenvalue weighted by atomic mass is 10.1. The second-order valence-corrected chi connectivity index (χ2v) is 9.09. The molecule has 0 N–H and O–H groups in total. The Morgan fingerprint density at radius 3 is 2.64 bits per heavy atom. The van der Waals surface area contributed by atoms with Crippen molar-refractivity contribution in [2.45, 2.75) is 26.9 Å².